The van der Waals surface area contributed by atoms with E-state index in [2.05, 4.69) is 10.0 Å². The molecule has 3 aromatic rings. The lowest BCUT2D eigenvalue weighted by atomic mass is 10.2. The van der Waals surface area contributed by atoms with Crippen molar-refractivity contribution in [2.24, 2.45) is 0 Å². The quantitative estimate of drug-likeness (QED) is 0.367. The number of hydrogen-bond donors (Lipinski definition) is 2. The molecule has 3 aromatic carbocycles. The van der Waals surface area contributed by atoms with Crippen LogP contribution in [-0.4, -0.2) is 49.5 Å². The topological polar surface area (TPSA) is 122 Å². The minimum absolute atomic E-state index is 0.0274. The average molecular weight is 532 g/mol. The highest BCUT2D eigenvalue weighted by molar-refractivity contribution is 7.93. The van der Waals surface area contributed by atoms with Crippen molar-refractivity contribution >= 4 is 31.6 Å². The van der Waals surface area contributed by atoms with E-state index in [1.54, 1.807) is 61.5 Å². The Hall–Kier alpha value is -3.41. The molecular formula is C25H29N3O6S2. The first-order valence-corrected chi connectivity index (χ1v) is 14.0. The van der Waals surface area contributed by atoms with E-state index in [1.165, 1.54) is 25.3 Å². The fourth-order valence-electron chi connectivity index (χ4n) is 3.39. The summed E-state index contributed by atoms with van der Waals surface area (Å²) in [5.41, 5.74) is 1.95. The number of anilines is 1. The number of sulfonamides is 2. The lowest BCUT2D eigenvalue weighted by molar-refractivity contribution is -0.119. The standard InChI is InChI=1S/C25H29N3O6S2/c1-19-9-12-22(13-10-19)35(30,31)27-16-15-26-25(29)18-28(21-7-5-4-6-8-21)36(32,33)24-17-20(2)11-14-23(24)34-3/h4-14,17,27H,15-16,18H2,1-3H3,(H,26,29). The third kappa shape index (κ3) is 6.62. The Bertz CT molecular complexity index is 1410. The number of nitrogens with one attached hydrogen (secondary N) is 2. The molecule has 0 aliphatic rings. The maximum atomic E-state index is 13.6. The summed E-state index contributed by atoms with van der Waals surface area (Å²) < 4.78 is 60.7. The second-order valence-electron chi connectivity index (χ2n) is 8.06. The Labute approximate surface area is 212 Å². The molecule has 0 aliphatic heterocycles. The lowest BCUT2D eigenvalue weighted by Crippen LogP contribution is -2.43. The molecule has 0 radical (unpaired) electrons. The van der Waals surface area contributed by atoms with E-state index in [9.17, 15) is 21.6 Å². The van der Waals surface area contributed by atoms with Crippen molar-refractivity contribution in [2.45, 2.75) is 23.6 Å². The van der Waals surface area contributed by atoms with E-state index in [0.717, 1.165) is 9.87 Å². The number of ether oxygens (including phenoxy) is 1. The Morgan fingerprint density at radius 1 is 0.861 bits per heavy atom. The van der Waals surface area contributed by atoms with Gasteiger partial charge in [-0.2, -0.15) is 0 Å². The minimum Gasteiger partial charge on any atom is -0.495 e. The number of benzene rings is 3. The van der Waals surface area contributed by atoms with E-state index < -0.39 is 32.5 Å². The van der Waals surface area contributed by atoms with Crippen LogP contribution in [0.2, 0.25) is 0 Å². The van der Waals surface area contributed by atoms with E-state index in [0.29, 0.717) is 11.3 Å². The maximum absolute atomic E-state index is 13.6. The molecule has 0 saturated heterocycles. The van der Waals surface area contributed by atoms with Crippen LogP contribution in [0.15, 0.2) is 82.6 Å². The highest BCUT2D eigenvalue weighted by Crippen LogP contribution is 2.30. The molecular weight excluding hydrogens is 502 g/mol. The number of rotatable bonds is 11. The second-order valence-corrected chi connectivity index (χ2v) is 11.7. The van der Waals surface area contributed by atoms with Gasteiger partial charge in [0.1, 0.15) is 17.2 Å². The second kappa shape index (κ2) is 11.5. The average Bonchev–Trinajstić information content (AvgIpc) is 2.86. The molecule has 0 spiro atoms. The van der Waals surface area contributed by atoms with Gasteiger partial charge in [0.2, 0.25) is 15.9 Å². The molecule has 0 aliphatic carbocycles. The number of hydrogen-bond acceptors (Lipinski definition) is 6. The molecule has 11 heteroatoms. The van der Waals surface area contributed by atoms with Gasteiger partial charge in [0.05, 0.1) is 17.7 Å². The highest BCUT2D eigenvalue weighted by atomic mass is 32.2. The van der Waals surface area contributed by atoms with Crippen molar-refractivity contribution in [3.63, 3.8) is 0 Å². The monoisotopic (exact) mass is 531 g/mol. The summed E-state index contributed by atoms with van der Waals surface area (Å²) in [6.07, 6.45) is 0. The molecule has 3 rings (SSSR count). The van der Waals surface area contributed by atoms with Crippen LogP contribution in [0.3, 0.4) is 0 Å². The molecule has 36 heavy (non-hydrogen) atoms. The number of aryl methyl sites for hydroxylation is 2. The maximum Gasteiger partial charge on any atom is 0.268 e. The van der Waals surface area contributed by atoms with Gasteiger partial charge in [-0.05, 0) is 55.8 Å². The molecule has 0 fully saturated rings. The molecule has 0 atom stereocenters. The number of para-hydroxylation sites is 1. The molecule has 9 nitrogen and oxygen atoms in total. The summed E-state index contributed by atoms with van der Waals surface area (Å²) in [6.45, 7) is 3.02. The van der Waals surface area contributed by atoms with Gasteiger partial charge < -0.3 is 10.1 Å². The lowest BCUT2D eigenvalue weighted by Gasteiger charge is -2.25. The normalized spacial score (nSPS) is 11.6. The Balaban J connectivity index is 1.72. The third-order valence-electron chi connectivity index (χ3n) is 5.29. The van der Waals surface area contributed by atoms with Crippen molar-refractivity contribution in [1.29, 1.82) is 0 Å². The van der Waals surface area contributed by atoms with Crippen LogP contribution in [0, 0.1) is 13.8 Å². The first-order valence-electron chi connectivity index (χ1n) is 11.1. The van der Waals surface area contributed by atoms with Gasteiger partial charge >= 0.3 is 0 Å². The van der Waals surface area contributed by atoms with Crippen LogP contribution < -0.4 is 19.1 Å². The van der Waals surface area contributed by atoms with Crippen LogP contribution >= 0.6 is 0 Å². The highest BCUT2D eigenvalue weighted by Gasteiger charge is 2.30. The molecule has 0 aromatic heterocycles. The van der Waals surface area contributed by atoms with Gasteiger partial charge in [-0.3, -0.25) is 9.10 Å². The zero-order chi connectivity index (χ0) is 26.3. The summed E-state index contributed by atoms with van der Waals surface area (Å²) in [5.74, 6) is -0.434. The summed E-state index contributed by atoms with van der Waals surface area (Å²) in [6, 6.07) is 19.4. The van der Waals surface area contributed by atoms with Crippen molar-refractivity contribution in [3.8, 4) is 5.75 Å². The first-order chi connectivity index (χ1) is 17.0. The molecule has 0 heterocycles. The fourth-order valence-corrected chi connectivity index (χ4v) is 6.08. The number of methoxy groups -OCH3 is 1. The molecule has 192 valence electrons. The van der Waals surface area contributed by atoms with Crippen LogP contribution in [0.1, 0.15) is 11.1 Å². The Kier molecular flexibility index (Phi) is 8.72. The number of amides is 1. The van der Waals surface area contributed by atoms with Crippen LogP contribution in [0.25, 0.3) is 0 Å². The fraction of sp³-hybridized carbons (Fsp3) is 0.240. The Morgan fingerprint density at radius 3 is 2.14 bits per heavy atom. The van der Waals surface area contributed by atoms with Crippen LogP contribution in [0.5, 0.6) is 5.75 Å². The molecule has 2 N–H and O–H groups in total. The van der Waals surface area contributed by atoms with Crippen molar-refractivity contribution < 1.29 is 26.4 Å². The van der Waals surface area contributed by atoms with Crippen molar-refractivity contribution in [2.75, 3.05) is 31.0 Å². The van der Waals surface area contributed by atoms with E-state index in [1.807, 2.05) is 6.92 Å². The van der Waals surface area contributed by atoms with Crippen LogP contribution in [0.4, 0.5) is 5.69 Å². The molecule has 0 bridgehead atoms. The predicted molar refractivity (Wildman–Crippen MR) is 138 cm³/mol. The number of carbonyl (C=O) groups is 1. The summed E-state index contributed by atoms with van der Waals surface area (Å²) in [7, 11) is -6.53. The smallest absolute Gasteiger partial charge is 0.268 e. The van der Waals surface area contributed by atoms with Gasteiger partial charge in [0, 0.05) is 13.1 Å². The van der Waals surface area contributed by atoms with Gasteiger partial charge in [-0.25, -0.2) is 21.6 Å². The largest absolute Gasteiger partial charge is 0.495 e. The van der Waals surface area contributed by atoms with Gasteiger partial charge in [0.25, 0.3) is 10.0 Å². The predicted octanol–water partition coefficient (Wildman–Crippen LogP) is 2.60. The Morgan fingerprint density at radius 2 is 1.50 bits per heavy atom. The molecule has 0 unspecified atom stereocenters. The van der Waals surface area contributed by atoms with E-state index >= 15 is 0 Å². The van der Waals surface area contributed by atoms with Gasteiger partial charge in [-0.15, -0.1) is 0 Å². The zero-order valence-electron chi connectivity index (χ0n) is 20.3. The first kappa shape index (κ1) is 27.2. The third-order valence-corrected chi connectivity index (χ3v) is 8.56. The molecule has 0 saturated carbocycles. The van der Waals surface area contributed by atoms with Crippen molar-refractivity contribution in [1.82, 2.24) is 10.0 Å². The van der Waals surface area contributed by atoms with Crippen molar-refractivity contribution in [3.05, 3.63) is 83.9 Å². The summed E-state index contributed by atoms with van der Waals surface area (Å²) >= 11 is 0. The minimum atomic E-state index is -4.17. The van der Waals surface area contributed by atoms with E-state index in [4.69, 9.17) is 4.74 Å². The molecule has 1 amide bonds. The van der Waals surface area contributed by atoms with Gasteiger partial charge in [0.15, 0.2) is 0 Å². The summed E-state index contributed by atoms with van der Waals surface area (Å²) in [5, 5.41) is 2.58. The summed E-state index contributed by atoms with van der Waals surface area (Å²) in [4.78, 5) is 12.8. The van der Waals surface area contributed by atoms with E-state index in [-0.39, 0.29) is 28.6 Å². The van der Waals surface area contributed by atoms with Crippen LogP contribution in [-0.2, 0) is 24.8 Å². The number of carbonyl (C=O) groups excluding carboxylic acids is 1. The zero-order valence-corrected chi connectivity index (χ0v) is 21.9. The number of nitrogens with zero attached hydrogens (tertiary/aromatic N) is 1. The van der Waals surface area contributed by atoms with Gasteiger partial charge in [-0.1, -0.05) is 42.0 Å². The SMILES string of the molecule is COc1ccc(C)cc1S(=O)(=O)N(CC(=O)NCCNS(=O)(=O)c1ccc(C)cc1)c1ccccc1.